The SMILES string of the molecule is CN=C(NCC(c1ccc(Cl)cc1)n1cccn1)NCC1(C)CCCO1.I. The van der Waals surface area contributed by atoms with Gasteiger partial charge in [0.15, 0.2) is 5.96 Å². The van der Waals surface area contributed by atoms with E-state index < -0.39 is 0 Å². The molecule has 6 nitrogen and oxygen atoms in total. The van der Waals surface area contributed by atoms with Crippen molar-refractivity contribution >= 4 is 41.5 Å². The molecule has 0 radical (unpaired) electrons. The Morgan fingerprint density at radius 3 is 2.74 bits per heavy atom. The minimum absolute atomic E-state index is 0. The van der Waals surface area contributed by atoms with Gasteiger partial charge in [-0.15, -0.1) is 24.0 Å². The van der Waals surface area contributed by atoms with Crippen LogP contribution < -0.4 is 10.6 Å². The van der Waals surface area contributed by atoms with Crippen molar-refractivity contribution in [3.05, 3.63) is 53.3 Å². The molecule has 2 heterocycles. The first-order valence-corrected chi connectivity index (χ1v) is 9.30. The van der Waals surface area contributed by atoms with Gasteiger partial charge >= 0.3 is 0 Å². The summed E-state index contributed by atoms with van der Waals surface area (Å²) in [6.07, 6.45) is 5.93. The Morgan fingerprint density at radius 1 is 1.37 bits per heavy atom. The van der Waals surface area contributed by atoms with Gasteiger partial charge in [-0.3, -0.25) is 9.67 Å². The highest BCUT2D eigenvalue weighted by molar-refractivity contribution is 14.0. The van der Waals surface area contributed by atoms with E-state index in [2.05, 4.69) is 27.6 Å². The summed E-state index contributed by atoms with van der Waals surface area (Å²) >= 11 is 6.03. The number of nitrogens with one attached hydrogen (secondary N) is 2. The van der Waals surface area contributed by atoms with Gasteiger partial charge in [0.1, 0.15) is 0 Å². The van der Waals surface area contributed by atoms with Gasteiger partial charge in [-0.05, 0) is 43.5 Å². The lowest BCUT2D eigenvalue weighted by Gasteiger charge is -2.26. The first-order valence-electron chi connectivity index (χ1n) is 8.93. The fourth-order valence-electron chi connectivity index (χ4n) is 3.17. The lowest BCUT2D eigenvalue weighted by Crippen LogP contribution is -2.46. The molecular weight excluding hydrogens is 477 g/mol. The van der Waals surface area contributed by atoms with E-state index in [4.69, 9.17) is 16.3 Å². The van der Waals surface area contributed by atoms with Gasteiger partial charge in [0, 0.05) is 44.2 Å². The molecule has 2 aromatic rings. The summed E-state index contributed by atoms with van der Waals surface area (Å²) in [5.74, 6) is 0.757. The monoisotopic (exact) mass is 503 g/mol. The Labute approximate surface area is 182 Å². The third-order valence-electron chi connectivity index (χ3n) is 4.72. The van der Waals surface area contributed by atoms with Crippen LogP contribution in [0.5, 0.6) is 0 Å². The van der Waals surface area contributed by atoms with Gasteiger partial charge in [0.05, 0.1) is 11.6 Å². The van der Waals surface area contributed by atoms with Crippen LogP contribution in [-0.2, 0) is 4.74 Å². The topological polar surface area (TPSA) is 63.5 Å². The highest BCUT2D eigenvalue weighted by Gasteiger charge is 2.29. The van der Waals surface area contributed by atoms with Gasteiger partial charge in [0.25, 0.3) is 0 Å². The molecule has 0 aliphatic carbocycles. The smallest absolute Gasteiger partial charge is 0.191 e. The van der Waals surface area contributed by atoms with E-state index in [0.717, 1.165) is 42.5 Å². The summed E-state index contributed by atoms with van der Waals surface area (Å²) in [6.45, 7) is 4.36. The third kappa shape index (κ3) is 6.08. The zero-order chi connectivity index (χ0) is 18.4. The lowest BCUT2D eigenvalue weighted by atomic mass is 10.0. The molecule has 8 heteroatoms. The number of halogens is 2. The molecule has 0 amide bonds. The molecule has 1 aromatic heterocycles. The van der Waals surface area contributed by atoms with E-state index in [1.807, 2.05) is 41.2 Å². The number of aliphatic imine (C=N–C) groups is 1. The van der Waals surface area contributed by atoms with Crippen molar-refractivity contribution in [2.75, 3.05) is 26.7 Å². The lowest BCUT2D eigenvalue weighted by molar-refractivity contribution is 0.0243. The number of nitrogens with zero attached hydrogens (tertiary/aromatic N) is 3. The van der Waals surface area contributed by atoms with E-state index in [1.54, 1.807) is 13.2 Å². The molecule has 0 bridgehead atoms. The van der Waals surface area contributed by atoms with Gasteiger partial charge in [-0.25, -0.2) is 0 Å². The quantitative estimate of drug-likeness (QED) is 0.360. The predicted molar refractivity (Wildman–Crippen MR) is 120 cm³/mol. The molecule has 2 N–H and O–H groups in total. The molecule has 2 unspecified atom stereocenters. The summed E-state index contributed by atoms with van der Waals surface area (Å²) in [5.41, 5.74) is 1.02. The molecule has 148 valence electrons. The number of guanidine groups is 1. The second kappa shape index (κ2) is 10.3. The van der Waals surface area contributed by atoms with Crippen LogP contribution in [0.1, 0.15) is 31.4 Å². The van der Waals surface area contributed by atoms with E-state index >= 15 is 0 Å². The number of ether oxygens (including phenoxy) is 1. The minimum atomic E-state index is -0.116. The first kappa shape index (κ1) is 22.0. The molecule has 1 aliphatic heterocycles. The summed E-state index contributed by atoms with van der Waals surface area (Å²) in [6, 6.07) is 9.82. The van der Waals surface area contributed by atoms with E-state index in [1.165, 1.54) is 0 Å². The summed E-state index contributed by atoms with van der Waals surface area (Å²) in [4.78, 5) is 4.33. The minimum Gasteiger partial charge on any atom is -0.373 e. The summed E-state index contributed by atoms with van der Waals surface area (Å²) < 4.78 is 7.76. The molecule has 0 saturated carbocycles. The van der Waals surface area contributed by atoms with Gasteiger partial charge in [-0.1, -0.05) is 23.7 Å². The van der Waals surface area contributed by atoms with Crippen LogP contribution in [0.4, 0.5) is 0 Å². The average molecular weight is 504 g/mol. The second-order valence-corrected chi connectivity index (χ2v) is 7.20. The average Bonchev–Trinajstić information content (AvgIpc) is 3.32. The predicted octanol–water partition coefficient (Wildman–Crippen LogP) is 3.48. The Kier molecular flexibility index (Phi) is 8.37. The number of hydrogen-bond donors (Lipinski definition) is 2. The number of rotatable bonds is 6. The van der Waals surface area contributed by atoms with E-state index in [0.29, 0.717) is 6.54 Å². The summed E-state index contributed by atoms with van der Waals surface area (Å²) in [7, 11) is 1.78. The van der Waals surface area contributed by atoms with Gasteiger partial charge in [0.2, 0.25) is 0 Å². The highest BCUT2D eigenvalue weighted by Crippen LogP contribution is 2.24. The van der Waals surface area contributed by atoms with Crippen LogP contribution in [0.15, 0.2) is 47.7 Å². The van der Waals surface area contributed by atoms with Crippen molar-refractivity contribution in [3.8, 4) is 0 Å². The molecule has 3 rings (SSSR count). The maximum Gasteiger partial charge on any atom is 0.191 e. The van der Waals surface area contributed by atoms with Crippen LogP contribution in [0, 0.1) is 0 Å². The maximum absolute atomic E-state index is 6.03. The van der Waals surface area contributed by atoms with E-state index in [9.17, 15) is 0 Å². The van der Waals surface area contributed by atoms with Crippen LogP contribution in [-0.4, -0.2) is 48.1 Å². The van der Waals surface area contributed by atoms with Crippen molar-refractivity contribution in [2.24, 2.45) is 4.99 Å². The first-order chi connectivity index (χ1) is 12.6. The van der Waals surface area contributed by atoms with Crippen molar-refractivity contribution in [1.82, 2.24) is 20.4 Å². The van der Waals surface area contributed by atoms with Gasteiger partial charge < -0.3 is 15.4 Å². The largest absolute Gasteiger partial charge is 0.373 e. The Hall–Kier alpha value is -1.32. The van der Waals surface area contributed by atoms with Crippen LogP contribution >= 0.6 is 35.6 Å². The van der Waals surface area contributed by atoms with Crippen LogP contribution in [0.2, 0.25) is 5.02 Å². The Morgan fingerprint density at radius 2 is 2.15 bits per heavy atom. The zero-order valence-corrected chi connectivity index (χ0v) is 18.8. The van der Waals surface area contributed by atoms with Crippen molar-refractivity contribution in [1.29, 1.82) is 0 Å². The molecule has 1 fully saturated rings. The van der Waals surface area contributed by atoms with Crippen LogP contribution in [0.25, 0.3) is 0 Å². The normalized spacial score (nSPS) is 20.8. The fourth-order valence-corrected chi connectivity index (χ4v) is 3.30. The molecule has 2 atom stereocenters. The fraction of sp³-hybridized carbons (Fsp3) is 0.474. The molecule has 0 spiro atoms. The van der Waals surface area contributed by atoms with E-state index in [-0.39, 0.29) is 35.6 Å². The van der Waals surface area contributed by atoms with Gasteiger partial charge in [-0.2, -0.15) is 5.10 Å². The van der Waals surface area contributed by atoms with Crippen LogP contribution in [0.3, 0.4) is 0 Å². The highest BCUT2D eigenvalue weighted by atomic mass is 127. The van der Waals surface area contributed by atoms with Crippen molar-refractivity contribution in [2.45, 2.75) is 31.4 Å². The van der Waals surface area contributed by atoms with Crippen molar-refractivity contribution in [3.63, 3.8) is 0 Å². The molecule has 27 heavy (non-hydrogen) atoms. The maximum atomic E-state index is 6.03. The summed E-state index contributed by atoms with van der Waals surface area (Å²) in [5, 5.41) is 11.9. The molecule has 1 saturated heterocycles. The zero-order valence-electron chi connectivity index (χ0n) is 15.7. The third-order valence-corrected chi connectivity index (χ3v) is 4.97. The number of benzene rings is 1. The molecule has 1 aromatic carbocycles. The standard InChI is InChI=1S/C19H26ClN5O.HI/c1-19(9-3-12-26-19)14-23-18(21-2)22-13-17(25-11-4-10-24-25)15-5-7-16(20)8-6-15;/h4-8,10-11,17H,3,9,12-14H2,1-2H3,(H2,21,22,23);1H. The molecular formula is C19H27ClIN5O. The Bertz CT molecular complexity index is 714. The number of aromatic nitrogens is 2. The Balaban J connectivity index is 0.00000261. The second-order valence-electron chi connectivity index (χ2n) is 6.76. The number of hydrogen-bond acceptors (Lipinski definition) is 3. The molecule has 1 aliphatic rings. The van der Waals surface area contributed by atoms with Crippen molar-refractivity contribution < 1.29 is 4.74 Å².